The molecule has 1 aliphatic carbocycles. The van der Waals surface area contributed by atoms with Crippen LogP contribution in [-0.4, -0.2) is 33.0 Å². The molecule has 0 saturated heterocycles. The second kappa shape index (κ2) is 10.9. The average molecular weight is 592 g/mol. The Hall–Kier alpha value is -4.69. The van der Waals surface area contributed by atoms with Crippen molar-refractivity contribution < 1.29 is 18.0 Å². The molecular weight excluding hydrogens is 558 g/mol. The summed E-state index contributed by atoms with van der Waals surface area (Å²) in [5.41, 5.74) is 4.69. The summed E-state index contributed by atoms with van der Waals surface area (Å²) in [5.74, 6) is -0.841. The quantitative estimate of drug-likeness (QED) is 0.253. The molecule has 7 nitrogen and oxygen atoms in total. The van der Waals surface area contributed by atoms with Crippen molar-refractivity contribution in [2.24, 2.45) is 0 Å². The fraction of sp³-hybridized carbons (Fsp3) is 0.200. The van der Waals surface area contributed by atoms with Gasteiger partial charge in [0, 0.05) is 23.5 Å². The van der Waals surface area contributed by atoms with Crippen molar-refractivity contribution in [3.63, 3.8) is 0 Å². The van der Waals surface area contributed by atoms with E-state index in [1.807, 2.05) is 92.7 Å². The van der Waals surface area contributed by atoms with Crippen LogP contribution in [0.5, 0.6) is 0 Å². The number of fused-ring (bicyclic) bond motifs is 3. The van der Waals surface area contributed by atoms with Gasteiger partial charge in [-0.3, -0.25) is 18.8 Å². The normalized spacial score (nSPS) is 18.3. The monoisotopic (exact) mass is 591 g/mol. The highest BCUT2D eigenvalue weighted by molar-refractivity contribution is 7.92. The number of allylic oxidation sites excluding steroid dienone is 4. The predicted octanol–water partition coefficient (Wildman–Crippen LogP) is 6.68. The molecule has 6 rings (SSSR count). The Morgan fingerprint density at radius 2 is 1.67 bits per heavy atom. The van der Waals surface area contributed by atoms with E-state index < -0.39 is 15.4 Å². The molecule has 43 heavy (non-hydrogen) atoms. The van der Waals surface area contributed by atoms with Gasteiger partial charge in [-0.05, 0) is 72.7 Å². The Bertz CT molecular complexity index is 1930. The van der Waals surface area contributed by atoms with E-state index >= 15 is 0 Å². The Balaban J connectivity index is 1.33. The van der Waals surface area contributed by atoms with E-state index in [4.69, 9.17) is 0 Å². The van der Waals surface area contributed by atoms with E-state index in [9.17, 15) is 18.0 Å². The number of amides is 2. The molecule has 0 radical (unpaired) electrons. The van der Waals surface area contributed by atoms with Crippen LogP contribution in [0.15, 0.2) is 103 Å². The highest BCUT2D eigenvalue weighted by atomic mass is 32.2. The minimum atomic E-state index is -3.77. The molecule has 0 saturated carbocycles. The van der Waals surface area contributed by atoms with Gasteiger partial charge in [0.2, 0.25) is 21.8 Å². The fourth-order valence-electron chi connectivity index (χ4n) is 6.13. The number of hydrogen-bond donors (Lipinski definition) is 1. The number of aryl methyl sites for hydroxylation is 1. The summed E-state index contributed by atoms with van der Waals surface area (Å²) in [7, 11) is -2.21. The van der Waals surface area contributed by atoms with Crippen LogP contribution < -0.4 is 14.5 Å². The maximum atomic E-state index is 13.9. The topological polar surface area (TPSA) is 86.8 Å². The average Bonchev–Trinajstić information content (AvgIpc) is 3.12. The molecule has 1 unspecified atom stereocenters. The lowest BCUT2D eigenvalue weighted by Crippen LogP contribution is -2.40. The van der Waals surface area contributed by atoms with Gasteiger partial charge >= 0.3 is 0 Å². The van der Waals surface area contributed by atoms with E-state index in [0.29, 0.717) is 29.2 Å². The smallest absolute Gasteiger partial charge is 0.241 e. The van der Waals surface area contributed by atoms with Gasteiger partial charge in [0.05, 0.1) is 22.8 Å². The molecule has 1 atom stereocenters. The van der Waals surface area contributed by atoms with Crippen LogP contribution in [0, 0.1) is 13.8 Å². The van der Waals surface area contributed by atoms with E-state index in [2.05, 4.69) is 5.32 Å². The molecule has 1 aliphatic heterocycles. The Labute approximate surface area is 252 Å². The number of benzene rings is 4. The Morgan fingerprint density at radius 3 is 2.42 bits per heavy atom. The lowest BCUT2D eigenvalue weighted by atomic mass is 9.74. The van der Waals surface area contributed by atoms with E-state index in [-0.39, 0.29) is 24.0 Å². The largest absolute Gasteiger partial charge is 0.323 e. The van der Waals surface area contributed by atoms with Crippen LogP contribution in [-0.2, 0) is 25.0 Å². The lowest BCUT2D eigenvalue weighted by molar-refractivity contribution is -0.124. The van der Waals surface area contributed by atoms with Gasteiger partial charge in [0.1, 0.15) is 6.42 Å². The zero-order valence-corrected chi connectivity index (χ0v) is 25.2. The number of anilines is 4. The van der Waals surface area contributed by atoms with Gasteiger partial charge in [0.25, 0.3) is 0 Å². The molecule has 8 heteroatoms. The number of carbonyl (C=O) groups is 2. The van der Waals surface area contributed by atoms with Gasteiger partial charge in [-0.2, -0.15) is 0 Å². The van der Waals surface area contributed by atoms with Gasteiger partial charge < -0.3 is 5.32 Å². The van der Waals surface area contributed by atoms with Crippen molar-refractivity contribution in [3.05, 3.63) is 120 Å². The first-order valence-electron chi connectivity index (χ1n) is 14.2. The molecule has 4 aromatic carbocycles. The minimum absolute atomic E-state index is 0.0950. The summed E-state index contributed by atoms with van der Waals surface area (Å²) in [6.07, 6.45) is 8.18. The molecule has 1 heterocycles. The number of nitrogens with zero attached hydrogens (tertiary/aromatic N) is 2. The maximum Gasteiger partial charge on any atom is 0.241 e. The lowest BCUT2D eigenvalue weighted by Gasteiger charge is -2.35. The van der Waals surface area contributed by atoms with Crippen LogP contribution in [0.3, 0.4) is 0 Å². The van der Waals surface area contributed by atoms with Crippen LogP contribution in [0.1, 0.15) is 29.5 Å². The standard InChI is InChI=1S/C35H33N3O4S/c1-24-10-9-13-30(25(24)2)35(20-7-4-8-21-35)23-43(41,42)37(3)27-15-17-28(18-16-27)38-31-19-14-26-11-5-6-12-29(26)34(31)36-32(39)22-33(38)40/h4-20H,21-23H2,1-3H3,(H,36,39). The third kappa shape index (κ3) is 5.12. The first kappa shape index (κ1) is 28.4. The van der Waals surface area contributed by atoms with Crippen molar-refractivity contribution in [2.75, 3.05) is 27.3 Å². The van der Waals surface area contributed by atoms with E-state index in [1.165, 1.54) is 9.21 Å². The zero-order valence-electron chi connectivity index (χ0n) is 24.4. The second-order valence-corrected chi connectivity index (χ2v) is 13.3. The van der Waals surface area contributed by atoms with Crippen LogP contribution in [0.4, 0.5) is 22.7 Å². The SMILES string of the molecule is Cc1cccc(C2(CS(=O)(=O)N(C)c3ccc(N4C(=O)CC(=O)Nc5c4ccc4ccccc54)cc3)C=CC=CC2)c1C. The minimum Gasteiger partial charge on any atom is -0.323 e. The number of sulfonamides is 1. The molecule has 218 valence electrons. The number of rotatable bonds is 6. The van der Waals surface area contributed by atoms with Crippen molar-refractivity contribution in [1.29, 1.82) is 0 Å². The first-order chi connectivity index (χ1) is 20.6. The van der Waals surface area contributed by atoms with Crippen molar-refractivity contribution >= 4 is 55.4 Å². The maximum absolute atomic E-state index is 13.9. The molecule has 1 N–H and O–H groups in total. The summed E-state index contributed by atoms with van der Waals surface area (Å²) in [4.78, 5) is 27.4. The number of nitrogens with one attached hydrogen (secondary N) is 1. The third-order valence-electron chi connectivity index (χ3n) is 8.59. The third-order valence-corrected chi connectivity index (χ3v) is 10.5. The van der Waals surface area contributed by atoms with Crippen LogP contribution in [0.25, 0.3) is 10.8 Å². The van der Waals surface area contributed by atoms with Crippen LogP contribution >= 0.6 is 0 Å². The van der Waals surface area contributed by atoms with Crippen molar-refractivity contribution in [1.82, 2.24) is 0 Å². The predicted molar refractivity (Wildman–Crippen MR) is 173 cm³/mol. The first-order valence-corrected chi connectivity index (χ1v) is 15.8. The highest BCUT2D eigenvalue weighted by Gasteiger charge is 2.38. The molecule has 0 aromatic heterocycles. The van der Waals surface area contributed by atoms with Crippen molar-refractivity contribution in [2.45, 2.75) is 32.1 Å². The van der Waals surface area contributed by atoms with Gasteiger partial charge in [-0.15, -0.1) is 0 Å². The summed E-state index contributed by atoms with van der Waals surface area (Å²) in [5, 5.41) is 4.69. The summed E-state index contributed by atoms with van der Waals surface area (Å²) in [6.45, 7) is 4.08. The van der Waals surface area contributed by atoms with E-state index in [1.54, 1.807) is 31.3 Å². The number of hydrogen-bond acceptors (Lipinski definition) is 4. The van der Waals surface area contributed by atoms with Crippen molar-refractivity contribution in [3.8, 4) is 0 Å². The zero-order chi connectivity index (χ0) is 30.4. The molecule has 0 bridgehead atoms. The molecule has 0 spiro atoms. The molecule has 2 amide bonds. The summed E-state index contributed by atoms with van der Waals surface area (Å²) >= 11 is 0. The second-order valence-electron chi connectivity index (χ2n) is 11.3. The fourth-order valence-corrected chi connectivity index (χ4v) is 7.79. The Kier molecular flexibility index (Phi) is 7.18. The molecule has 0 fully saturated rings. The van der Waals surface area contributed by atoms with Gasteiger partial charge in [-0.1, -0.05) is 72.8 Å². The summed E-state index contributed by atoms with van der Waals surface area (Å²) < 4.78 is 29.2. The Morgan fingerprint density at radius 1 is 0.907 bits per heavy atom. The molecule has 4 aromatic rings. The molecular formula is C35H33N3O4S. The van der Waals surface area contributed by atoms with Crippen LogP contribution in [0.2, 0.25) is 0 Å². The van der Waals surface area contributed by atoms with Gasteiger partial charge in [0.15, 0.2) is 0 Å². The van der Waals surface area contributed by atoms with E-state index in [0.717, 1.165) is 27.5 Å². The highest BCUT2D eigenvalue weighted by Crippen LogP contribution is 2.41. The molecule has 2 aliphatic rings. The number of carbonyl (C=O) groups excluding carboxylic acids is 2. The van der Waals surface area contributed by atoms with Gasteiger partial charge in [-0.25, -0.2) is 8.42 Å². The summed E-state index contributed by atoms with van der Waals surface area (Å²) in [6, 6.07) is 24.3.